The minimum absolute atomic E-state index is 0.0247. The van der Waals surface area contributed by atoms with E-state index in [1.807, 2.05) is 6.07 Å². The van der Waals surface area contributed by atoms with E-state index >= 15 is 0 Å². The van der Waals surface area contributed by atoms with Crippen LogP contribution in [-0.4, -0.2) is 0 Å². The van der Waals surface area contributed by atoms with E-state index in [1.165, 1.54) is 6.07 Å². The summed E-state index contributed by atoms with van der Waals surface area (Å²) in [5.41, 5.74) is 0.376. The number of rotatable bonds is 1. The molecule has 0 saturated carbocycles. The van der Waals surface area contributed by atoms with Crippen molar-refractivity contribution in [1.29, 1.82) is 5.26 Å². The van der Waals surface area contributed by atoms with Crippen LogP contribution in [-0.2, 0) is 6.42 Å². The topological polar surface area (TPSA) is 23.8 Å². The molecule has 4 heteroatoms. The number of halogens is 3. The molecule has 62 valence electrons. The number of benzene rings is 1. The molecule has 0 heterocycles. The summed E-state index contributed by atoms with van der Waals surface area (Å²) in [4.78, 5) is 0. The van der Waals surface area contributed by atoms with Crippen LogP contribution in [0.3, 0.4) is 0 Å². The van der Waals surface area contributed by atoms with Gasteiger partial charge in [-0.2, -0.15) is 5.26 Å². The van der Waals surface area contributed by atoms with E-state index in [0.29, 0.717) is 5.56 Å². The molecule has 1 aromatic carbocycles. The molecule has 0 aromatic heterocycles. The minimum Gasteiger partial charge on any atom is -0.204 e. The monoisotopic (exact) mass is 187 g/mol. The second-order valence-corrected chi connectivity index (χ2v) is 2.62. The Hall–Kier alpha value is -1.14. The largest absolute Gasteiger partial charge is 0.204 e. The van der Waals surface area contributed by atoms with Gasteiger partial charge >= 0.3 is 0 Å². The first-order chi connectivity index (χ1) is 5.65. The lowest BCUT2D eigenvalue weighted by molar-refractivity contribution is 0.508. The van der Waals surface area contributed by atoms with E-state index in [-0.39, 0.29) is 11.4 Å². The Labute approximate surface area is 73.2 Å². The van der Waals surface area contributed by atoms with Crippen molar-refractivity contribution in [2.75, 3.05) is 0 Å². The molecule has 0 atom stereocenters. The van der Waals surface area contributed by atoms with Crippen LogP contribution in [0.15, 0.2) is 12.1 Å². The van der Waals surface area contributed by atoms with Gasteiger partial charge in [0.15, 0.2) is 11.6 Å². The Morgan fingerprint density at radius 3 is 2.58 bits per heavy atom. The third-order valence-corrected chi connectivity index (χ3v) is 1.60. The molecule has 0 aliphatic carbocycles. The second kappa shape index (κ2) is 3.51. The Morgan fingerprint density at radius 1 is 1.42 bits per heavy atom. The normalized spacial score (nSPS) is 9.50. The van der Waals surface area contributed by atoms with Crippen LogP contribution >= 0.6 is 11.6 Å². The van der Waals surface area contributed by atoms with Crippen LogP contribution in [0, 0.1) is 23.0 Å². The minimum atomic E-state index is -1.07. The summed E-state index contributed by atoms with van der Waals surface area (Å²) >= 11 is 5.33. The molecule has 0 spiro atoms. The third kappa shape index (κ3) is 1.72. The highest BCUT2D eigenvalue weighted by molar-refractivity contribution is 6.30. The molecule has 0 aliphatic rings. The van der Waals surface area contributed by atoms with E-state index in [2.05, 4.69) is 0 Å². The van der Waals surface area contributed by atoms with Gasteiger partial charge in [-0.05, 0) is 17.7 Å². The summed E-state index contributed by atoms with van der Waals surface area (Å²) in [6, 6.07) is 4.01. The van der Waals surface area contributed by atoms with Gasteiger partial charge in [-0.3, -0.25) is 0 Å². The highest BCUT2D eigenvalue weighted by Crippen LogP contribution is 2.19. The van der Waals surface area contributed by atoms with Gasteiger partial charge in [0.05, 0.1) is 17.5 Å². The Morgan fingerprint density at radius 2 is 2.08 bits per heavy atom. The summed E-state index contributed by atoms with van der Waals surface area (Å²) in [6.45, 7) is 0. The maximum Gasteiger partial charge on any atom is 0.177 e. The lowest BCUT2D eigenvalue weighted by atomic mass is 10.1. The first kappa shape index (κ1) is 8.95. The highest BCUT2D eigenvalue weighted by atomic mass is 35.5. The maximum absolute atomic E-state index is 12.6. The molecule has 1 aromatic rings. The molecule has 0 N–H and O–H groups in total. The molecule has 0 radical (unpaired) electrons. The van der Waals surface area contributed by atoms with Crippen molar-refractivity contribution in [3.63, 3.8) is 0 Å². The van der Waals surface area contributed by atoms with Gasteiger partial charge in [0, 0.05) is 0 Å². The molecular formula is C8H4ClF2N. The fourth-order valence-corrected chi connectivity index (χ4v) is 1.03. The Balaban J connectivity index is 3.14. The summed E-state index contributed by atoms with van der Waals surface area (Å²) in [6.07, 6.45) is 0.0247. The number of nitriles is 1. The summed E-state index contributed by atoms with van der Waals surface area (Å²) in [5.74, 6) is -2.09. The molecule has 0 bridgehead atoms. The molecule has 1 rings (SSSR count). The van der Waals surface area contributed by atoms with Crippen molar-refractivity contribution in [2.45, 2.75) is 6.42 Å². The van der Waals surface area contributed by atoms with E-state index in [4.69, 9.17) is 16.9 Å². The number of hydrogen-bond donors (Lipinski definition) is 0. The summed E-state index contributed by atoms with van der Waals surface area (Å²) in [5, 5.41) is 7.97. The van der Waals surface area contributed by atoms with Crippen LogP contribution in [0.25, 0.3) is 0 Å². The number of nitrogens with zero attached hydrogens (tertiary/aromatic N) is 1. The molecular weight excluding hydrogens is 184 g/mol. The highest BCUT2D eigenvalue weighted by Gasteiger charge is 2.08. The first-order valence-corrected chi connectivity index (χ1v) is 3.53. The van der Waals surface area contributed by atoms with Crippen LogP contribution in [0.5, 0.6) is 0 Å². The van der Waals surface area contributed by atoms with E-state index in [1.54, 1.807) is 0 Å². The molecule has 12 heavy (non-hydrogen) atoms. The van der Waals surface area contributed by atoms with E-state index in [0.717, 1.165) is 6.07 Å². The van der Waals surface area contributed by atoms with Crippen LogP contribution in [0.2, 0.25) is 5.02 Å². The zero-order chi connectivity index (χ0) is 9.14. The van der Waals surface area contributed by atoms with Crippen molar-refractivity contribution in [2.24, 2.45) is 0 Å². The van der Waals surface area contributed by atoms with Crippen LogP contribution in [0.4, 0.5) is 8.78 Å². The Bertz CT molecular complexity index is 320. The lowest BCUT2D eigenvalue weighted by Crippen LogP contribution is -1.89. The average Bonchev–Trinajstić information content (AvgIpc) is 2.01. The lowest BCUT2D eigenvalue weighted by Gasteiger charge is -1.98. The second-order valence-electron chi connectivity index (χ2n) is 2.21. The average molecular weight is 188 g/mol. The van der Waals surface area contributed by atoms with Gasteiger partial charge in [-0.1, -0.05) is 11.6 Å². The van der Waals surface area contributed by atoms with Crippen molar-refractivity contribution >= 4 is 11.6 Å². The molecule has 1 nitrogen and oxygen atoms in total. The van der Waals surface area contributed by atoms with E-state index < -0.39 is 11.6 Å². The third-order valence-electron chi connectivity index (χ3n) is 1.33. The van der Waals surface area contributed by atoms with Gasteiger partial charge in [-0.15, -0.1) is 0 Å². The fraction of sp³-hybridized carbons (Fsp3) is 0.125. The predicted octanol–water partition coefficient (Wildman–Crippen LogP) is 2.68. The van der Waals surface area contributed by atoms with E-state index in [9.17, 15) is 8.78 Å². The molecule has 0 amide bonds. The summed E-state index contributed by atoms with van der Waals surface area (Å²) in [7, 11) is 0. The summed E-state index contributed by atoms with van der Waals surface area (Å²) < 4.78 is 25.2. The molecule has 0 saturated heterocycles. The molecule has 0 unspecified atom stereocenters. The van der Waals surface area contributed by atoms with Crippen LogP contribution in [0.1, 0.15) is 5.56 Å². The maximum atomic E-state index is 12.6. The van der Waals surface area contributed by atoms with Crippen molar-refractivity contribution < 1.29 is 8.78 Å². The predicted molar refractivity (Wildman–Crippen MR) is 40.7 cm³/mol. The standard InChI is InChI=1S/C8H4ClF2N/c9-6-3-5(1-2-12)4-7(10)8(6)11/h3-4H,1H2. The van der Waals surface area contributed by atoms with Crippen molar-refractivity contribution in [1.82, 2.24) is 0 Å². The van der Waals surface area contributed by atoms with Gasteiger partial charge in [0.1, 0.15) is 0 Å². The van der Waals surface area contributed by atoms with Gasteiger partial charge in [0.2, 0.25) is 0 Å². The quantitative estimate of drug-likeness (QED) is 0.620. The Kier molecular flexibility index (Phi) is 2.61. The fourth-order valence-electron chi connectivity index (χ4n) is 0.801. The van der Waals surface area contributed by atoms with Gasteiger partial charge in [-0.25, -0.2) is 8.78 Å². The number of hydrogen-bond acceptors (Lipinski definition) is 1. The molecule has 0 aliphatic heterocycles. The SMILES string of the molecule is N#CCc1cc(F)c(F)c(Cl)c1. The smallest absolute Gasteiger partial charge is 0.177 e. The van der Waals surface area contributed by atoms with Crippen molar-refractivity contribution in [3.8, 4) is 6.07 Å². The first-order valence-electron chi connectivity index (χ1n) is 3.15. The van der Waals surface area contributed by atoms with Gasteiger partial charge < -0.3 is 0 Å². The zero-order valence-electron chi connectivity index (χ0n) is 5.94. The van der Waals surface area contributed by atoms with Crippen LogP contribution < -0.4 is 0 Å². The van der Waals surface area contributed by atoms with Gasteiger partial charge in [0.25, 0.3) is 0 Å². The molecule has 0 fully saturated rings. The van der Waals surface area contributed by atoms with Crippen molar-refractivity contribution in [3.05, 3.63) is 34.4 Å². The zero-order valence-corrected chi connectivity index (χ0v) is 6.70.